The molecule has 0 amide bonds. The maximum absolute atomic E-state index is 9.93. The molecule has 0 aromatic rings. The van der Waals surface area contributed by atoms with E-state index in [1.807, 2.05) is 6.92 Å². The number of hydrogen-bond acceptors (Lipinski definition) is 1. The van der Waals surface area contributed by atoms with E-state index in [0.29, 0.717) is 0 Å². The summed E-state index contributed by atoms with van der Waals surface area (Å²) in [4.78, 5) is 9.93. The van der Waals surface area contributed by atoms with Crippen LogP contribution in [-0.2, 0) is 4.79 Å². The number of rotatable bonds is 3. The molecule has 0 saturated heterocycles. The molecule has 1 atom stereocenters. The fraction of sp³-hybridized carbons (Fsp3) is 0.667. The van der Waals surface area contributed by atoms with Gasteiger partial charge in [-0.2, -0.15) is 0 Å². The van der Waals surface area contributed by atoms with E-state index < -0.39 is 0 Å². The normalized spacial score (nSPS) is 9.57. The summed E-state index contributed by atoms with van der Waals surface area (Å²) in [7, 11) is 0. The molecule has 0 fully saturated rings. The quantitative estimate of drug-likeness (QED) is 0.489. The van der Waals surface area contributed by atoms with E-state index >= 15 is 0 Å². The van der Waals surface area contributed by atoms with Crippen LogP contribution < -0.4 is 0 Å². The van der Waals surface area contributed by atoms with Gasteiger partial charge in [0.1, 0.15) is 6.29 Å². The lowest BCUT2D eigenvalue weighted by Gasteiger charge is -1.97. The Labute approximate surface area is 44.7 Å². The molecule has 0 rings (SSSR count). The van der Waals surface area contributed by atoms with Gasteiger partial charge in [0.15, 0.2) is 0 Å². The van der Waals surface area contributed by atoms with Crippen molar-refractivity contribution in [3.8, 4) is 0 Å². The highest BCUT2D eigenvalue weighted by Gasteiger charge is 1.96. The van der Waals surface area contributed by atoms with Gasteiger partial charge in [0, 0.05) is 5.92 Å². The maximum atomic E-state index is 9.93. The first-order chi connectivity index (χ1) is 3.35. The standard InChI is InChI=1S/C6H11O/c1-3-6(4-2)5-7/h5-6H,1,3-4H2,2H3. The van der Waals surface area contributed by atoms with E-state index in [1.165, 1.54) is 0 Å². The van der Waals surface area contributed by atoms with Gasteiger partial charge in [-0.05, 0) is 12.8 Å². The zero-order valence-corrected chi connectivity index (χ0v) is 4.68. The first kappa shape index (κ1) is 6.67. The van der Waals surface area contributed by atoms with E-state index in [1.54, 1.807) is 0 Å². The molecule has 1 unspecified atom stereocenters. The van der Waals surface area contributed by atoms with Crippen molar-refractivity contribution in [3.05, 3.63) is 6.92 Å². The van der Waals surface area contributed by atoms with Crippen molar-refractivity contribution in [2.45, 2.75) is 19.8 Å². The number of carbonyl (C=O) groups excluding carboxylic acids is 1. The number of hydrogen-bond donors (Lipinski definition) is 0. The molecule has 0 spiro atoms. The van der Waals surface area contributed by atoms with E-state index in [0.717, 1.165) is 19.1 Å². The minimum Gasteiger partial charge on any atom is -0.303 e. The Kier molecular flexibility index (Phi) is 3.67. The van der Waals surface area contributed by atoms with Crippen molar-refractivity contribution in [2.24, 2.45) is 5.92 Å². The molecule has 1 heteroatoms. The lowest BCUT2D eigenvalue weighted by Crippen LogP contribution is -1.95. The molecular weight excluding hydrogens is 88.1 g/mol. The summed E-state index contributed by atoms with van der Waals surface area (Å²) in [5, 5.41) is 0. The van der Waals surface area contributed by atoms with Gasteiger partial charge in [-0.25, -0.2) is 0 Å². The highest BCUT2D eigenvalue weighted by molar-refractivity contribution is 5.53. The second-order valence-electron chi connectivity index (χ2n) is 1.59. The Hall–Kier alpha value is -0.330. The predicted molar refractivity (Wildman–Crippen MR) is 29.8 cm³/mol. The van der Waals surface area contributed by atoms with Gasteiger partial charge in [0.05, 0.1) is 0 Å². The topological polar surface area (TPSA) is 17.1 Å². The van der Waals surface area contributed by atoms with Crippen molar-refractivity contribution in [3.63, 3.8) is 0 Å². The molecule has 0 heterocycles. The molecule has 1 nitrogen and oxygen atoms in total. The molecule has 0 aromatic carbocycles. The molecule has 0 aliphatic carbocycles. The van der Waals surface area contributed by atoms with Gasteiger partial charge < -0.3 is 4.79 Å². The summed E-state index contributed by atoms with van der Waals surface area (Å²) < 4.78 is 0. The summed E-state index contributed by atoms with van der Waals surface area (Å²) in [5.74, 6) is 0.194. The van der Waals surface area contributed by atoms with E-state index in [2.05, 4.69) is 6.92 Å². The molecule has 0 saturated carbocycles. The molecule has 0 aliphatic rings. The van der Waals surface area contributed by atoms with Gasteiger partial charge in [-0.1, -0.05) is 13.8 Å². The second kappa shape index (κ2) is 3.85. The van der Waals surface area contributed by atoms with Crippen molar-refractivity contribution < 1.29 is 4.79 Å². The Balaban J connectivity index is 3.16. The first-order valence-electron chi connectivity index (χ1n) is 2.59. The zero-order valence-electron chi connectivity index (χ0n) is 4.68. The molecule has 1 radical (unpaired) electrons. The molecule has 0 aromatic heterocycles. The summed E-state index contributed by atoms with van der Waals surface area (Å²) in [5.41, 5.74) is 0. The van der Waals surface area contributed by atoms with E-state index in [9.17, 15) is 4.79 Å². The number of carbonyl (C=O) groups is 1. The third kappa shape index (κ3) is 2.38. The molecular formula is C6H11O. The van der Waals surface area contributed by atoms with E-state index in [4.69, 9.17) is 0 Å². The Morgan fingerprint density at radius 3 is 2.43 bits per heavy atom. The highest BCUT2D eigenvalue weighted by atomic mass is 16.1. The zero-order chi connectivity index (χ0) is 5.70. The summed E-state index contributed by atoms with van der Waals surface area (Å²) >= 11 is 0. The predicted octanol–water partition coefficient (Wildman–Crippen LogP) is 1.44. The highest BCUT2D eigenvalue weighted by Crippen LogP contribution is 2.00. The molecule has 0 aliphatic heterocycles. The molecule has 7 heavy (non-hydrogen) atoms. The third-order valence-electron chi connectivity index (χ3n) is 1.09. The molecule has 0 N–H and O–H groups in total. The number of aldehydes is 1. The fourth-order valence-corrected chi connectivity index (χ4v) is 0.368. The monoisotopic (exact) mass is 99.1 g/mol. The Morgan fingerprint density at radius 2 is 2.43 bits per heavy atom. The van der Waals surface area contributed by atoms with Gasteiger partial charge in [0.2, 0.25) is 0 Å². The van der Waals surface area contributed by atoms with Crippen molar-refractivity contribution in [2.75, 3.05) is 0 Å². The average molecular weight is 99.2 g/mol. The van der Waals surface area contributed by atoms with Crippen molar-refractivity contribution in [1.29, 1.82) is 0 Å². The SMILES string of the molecule is [CH2]CC(C=O)CC. The lowest BCUT2D eigenvalue weighted by atomic mass is 10.1. The van der Waals surface area contributed by atoms with Crippen LogP contribution in [0.5, 0.6) is 0 Å². The Bertz CT molecular complexity index is 46.1. The van der Waals surface area contributed by atoms with Crippen molar-refractivity contribution in [1.82, 2.24) is 0 Å². The fourth-order valence-electron chi connectivity index (χ4n) is 0.368. The van der Waals surface area contributed by atoms with Crippen molar-refractivity contribution >= 4 is 6.29 Å². The maximum Gasteiger partial charge on any atom is 0.123 e. The lowest BCUT2D eigenvalue weighted by molar-refractivity contribution is -0.111. The molecule has 0 bridgehead atoms. The minimum atomic E-state index is 0.194. The van der Waals surface area contributed by atoms with Crippen LogP contribution in [0.4, 0.5) is 0 Å². The van der Waals surface area contributed by atoms with Gasteiger partial charge >= 0.3 is 0 Å². The van der Waals surface area contributed by atoms with Gasteiger partial charge in [-0.3, -0.25) is 0 Å². The summed E-state index contributed by atoms with van der Waals surface area (Å²) in [6.45, 7) is 5.59. The van der Waals surface area contributed by atoms with E-state index in [-0.39, 0.29) is 5.92 Å². The third-order valence-corrected chi connectivity index (χ3v) is 1.09. The van der Waals surface area contributed by atoms with Crippen LogP contribution in [0.2, 0.25) is 0 Å². The smallest absolute Gasteiger partial charge is 0.123 e. The van der Waals surface area contributed by atoms with Crippen LogP contribution in [-0.4, -0.2) is 6.29 Å². The van der Waals surface area contributed by atoms with Crippen LogP contribution in [0.25, 0.3) is 0 Å². The van der Waals surface area contributed by atoms with Gasteiger partial charge in [-0.15, -0.1) is 0 Å². The largest absolute Gasteiger partial charge is 0.303 e. The van der Waals surface area contributed by atoms with Crippen LogP contribution in [0.3, 0.4) is 0 Å². The second-order valence-corrected chi connectivity index (χ2v) is 1.59. The van der Waals surface area contributed by atoms with Gasteiger partial charge in [0.25, 0.3) is 0 Å². The van der Waals surface area contributed by atoms with Crippen LogP contribution in [0, 0.1) is 12.8 Å². The summed E-state index contributed by atoms with van der Waals surface area (Å²) in [6, 6.07) is 0. The first-order valence-corrected chi connectivity index (χ1v) is 2.59. The minimum absolute atomic E-state index is 0.194. The Morgan fingerprint density at radius 1 is 1.86 bits per heavy atom. The summed E-state index contributed by atoms with van der Waals surface area (Å²) in [6.07, 6.45) is 2.62. The molecule has 41 valence electrons. The van der Waals surface area contributed by atoms with Crippen LogP contribution in [0.1, 0.15) is 19.8 Å². The average Bonchev–Trinajstić information content (AvgIpc) is 1.72. The van der Waals surface area contributed by atoms with Crippen LogP contribution >= 0.6 is 0 Å². The van der Waals surface area contributed by atoms with Crippen LogP contribution in [0.15, 0.2) is 0 Å².